The predicted molar refractivity (Wildman–Crippen MR) is 116 cm³/mol. The normalized spacial score (nSPS) is 13.3. The Labute approximate surface area is 180 Å². The summed E-state index contributed by atoms with van der Waals surface area (Å²) in [6, 6.07) is 13.0. The molecule has 0 radical (unpaired) electrons. The van der Waals surface area contributed by atoms with Crippen molar-refractivity contribution in [1.29, 1.82) is 0 Å². The number of benzene rings is 1. The average molecular weight is 419 g/mol. The highest BCUT2D eigenvalue weighted by Crippen LogP contribution is 2.22. The highest BCUT2D eigenvalue weighted by molar-refractivity contribution is 5.89. The summed E-state index contributed by atoms with van der Waals surface area (Å²) in [6.07, 6.45) is 4.55. The van der Waals surface area contributed by atoms with Gasteiger partial charge in [-0.1, -0.05) is 12.1 Å². The summed E-state index contributed by atoms with van der Waals surface area (Å²) < 4.78 is 6.94. The molecule has 160 valence electrons. The Morgan fingerprint density at radius 2 is 1.87 bits per heavy atom. The molecule has 1 aromatic carbocycles. The molecule has 0 bridgehead atoms. The number of anilines is 1. The predicted octanol–water partition coefficient (Wildman–Crippen LogP) is 3.49. The van der Waals surface area contributed by atoms with Gasteiger partial charge in [0.15, 0.2) is 0 Å². The molecule has 3 aromatic rings. The smallest absolute Gasteiger partial charge is 0.322 e. The molecule has 0 spiro atoms. The van der Waals surface area contributed by atoms with Gasteiger partial charge in [-0.25, -0.2) is 4.79 Å². The largest absolute Gasteiger partial charge is 0.466 e. The van der Waals surface area contributed by atoms with Crippen molar-refractivity contribution in [2.75, 3.05) is 18.5 Å². The number of carbonyl (C=O) groups is 2. The first kappa shape index (κ1) is 20.6. The number of fused-ring (bicyclic) bond motifs is 1. The molecule has 8 nitrogen and oxygen atoms in total. The van der Waals surface area contributed by atoms with Crippen LogP contribution in [0.3, 0.4) is 0 Å². The zero-order valence-electron chi connectivity index (χ0n) is 17.5. The molecule has 1 aliphatic heterocycles. The average Bonchev–Trinajstić information content (AvgIpc) is 3.07. The summed E-state index contributed by atoms with van der Waals surface area (Å²) in [4.78, 5) is 30.3. The number of carbonyl (C=O) groups excluding carboxylic acids is 2. The molecule has 1 aliphatic rings. The highest BCUT2D eigenvalue weighted by Gasteiger charge is 2.21. The Morgan fingerprint density at radius 3 is 2.61 bits per heavy atom. The third-order valence-electron chi connectivity index (χ3n) is 5.14. The minimum Gasteiger partial charge on any atom is -0.466 e. The molecule has 1 N–H and O–H groups in total. The van der Waals surface area contributed by atoms with E-state index >= 15 is 0 Å². The fourth-order valence-corrected chi connectivity index (χ4v) is 3.59. The van der Waals surface area contributed by atoms with Crippen LogP contribution in [0.4, 0.5) is 10.5 Å². The van der Waals surface area contributed by atoms with Gasteiger partial charge in [0.1, 0.15) is 0 Å². The molecule has 0 fully saturated rings. The van der Waals surface area contributed by atoms with Crippen molar-refractivity contribution in [3.05, 3.63) is 66.1 Å². The van der Waals surface area contributed by atoms with Gasteiger partial charge in [-0.3, -0.25) is 14.5 Å². The number of nitrogens with one attached hydrogen (secondary N) is 1. The SMILES string of the molecule is CCOC(=O)Cc1ccc(NC(=O)N2CCCn3nc(-c4ccncc4)cc3C2)cc1. The quantitative estimate of drug-likeness (QED) is 0.640. The molecule has 0 aliphatic carbocycles. The van der Waals surface area contributed by atoms with Crippen LogP contribution in [0.1, 0.15) is 24.6 Å². The Balaban J connectivity index is 1.40. The molecule has 0 saturated carbocycles. The van der Waals surface area contributed by atoms with Gasteiger partial charge in [-0.2, -0.15) is 5.10 Å². The number of rotatable bonds is 5. The number of amides is 2. The van der Waals surface area contributed by atoms with Gasteiger partial charge in [0.05, 0.1) is 31.0 Å². The minimum absolute atomic E-state index is 0.154. The first-order chi connectivity index (χ1) is 15.1. The second kappa shape index (κ2) is 9.42. The van der Waals surface area contributed by atoms with Gasteiger partial charge in [0.25, 0.3) is 0 Å². The van der Waals surface area contributed by atoms with E-state index in [1.165, 1.54) is 0 Å². The summed E-state index contributed by atoms with van der Waals surface area (Å²) in [6.45, 7) is 4.07. The zero-order chi connectivity index (χ0) is 21.6. The van der Waals surface area contributed by atoms with E-state index in [0.29, 0.717) is 25.4 Å². The molecule has 3 heterocycles. The molecule has 0 unspecified atom stereocenters. The monoisotopic (exact) mass is 419 g/mol. The highest BCUT2D eigenvalue weighted by atomic mass is 16.5. The summed E-state index contributed by atoms with van der Waals surface area (Å²) >= 11 is 0. The van der Waals surface area contributed by atoms with Crippen molar-refractivity contribution in [3.8, 4) is 11.3 Å². The molecule has 0 saturated heterocycles. The molecule has 0 atom stereocenters. The summed E-state index contributed by atoms with van der Waals surface area (Å²) in [5, 5.41) is 7.65. The van der Waals surface area contributed by atoms with Crippen molar-refractivity contribution in [1.82, 2.24) is 19.7 Å². The Kier molecular flexibility index (Phi) is 6.26. The van der Waals surface area contributed by atoms with E-state index < -0.39 is 0 Å². The maximum atomic E-state index is 12.9. The van der Waals surface area contributed by atoms with Crippen LogP contribution in [0.15, 0.2) is 54.9 Å². The fraction of sp³-hybridized carbons (Fsp3) is 0.304. The van der Waals surface area contributed by atoms with Crippen LogP contribution in [-0.2, 0) is 29.0 Å². The first-order valence-corrected chi connectivity index (χ1v) is 10.4. The summed E-state index contributed by atoms with van der Waals surface area (Å²) in [5.74, 6) is -0.258. The second-order valence-electron chi connectivity index (χ2n) is 7.36. The topological polar surface area (TPSA) is 89.4 Å². The van der Waals surface area contributed by atoms with E-state index in [1.54, 1.807) is 36.4 Å². The van der Waals surface area contributed by atoms with Gasteiger partial charge in [0, 0.05) is 36.7 Å². The maximum absolute atomic E-state index is 12.9. The number of esters is 1. The summed E-state index contributed by atoms with van der Waals surface area (Å²) in [5.41, 5.74) is 4.43. The van der Waals surface area contributed by atoms with Gasteiger partial charge >= 0.3 is 12.0 Å². The number of ether oxygens (including phenoxy) is 1. The van der Waals surface area contributed by atoms with Crippen LogP contribution in [0.5, 0.6) is 0 Å². The van der Waals surface area contributed by atoms with Crippen LogP contribution in [0.2, 0.25) is 0 Å². The Bertz CT molecular complexity index is 1050. The van der Waals surface area contributed by atoms with Gasteiger partial charge in [-0.05, 0) is 49.2 Å². The zero-order valence-corrected chi connectivity index (χ0v) is 17.5. The third kappa shape index (κ3) is 5.09. The number of urea groups is 1. The lowest BCUT2D eigenvalue weighted by Crippen LogP contribution is -2.34. The van der Waals surface area contributed by atoms with E-state index in [2.05, 4.69) is 10.3 Å². The third-order valence-corrected chi connectivity index (χ3v) is 5.14. The van der Waals surface area contributed by atoms with E-state index in [-0.39, 0.29) is 18.4 Å². The number of nitrogens with zero attached hydrogens (tertiary/aromatic N) is 4. The molecule has 2 amide bonds. The van der Waals surface area contributed by atoms with Gasteiger partial charge in [0.2, 0.25) is 0 Å². The van der Waals surface area contributed by atoms with Gasteiger partial charge in [-0.15, -0.1) is 0 Å². The van der Waals surface area contributed by atoms with Gasteiger partial charge < -0.3 is 15.0 Å². The van der Waals surface area contributed by atoms with Crippen LogP contribution < -0.4 is 5.32 Å². The van der Waals surface area contributed by atoms with Crippen molar-refractivity contribution >= 4 is 17.7 Å². The number of hydrogen-bond donors (Lipinski definition) is 1. The lowest BCUT2D eigenvalue weighted by molar-refractivity contribution is -0.142. The molecular formula is C23H25N5O3. The summed E-state index contributed by atoms with van der Waals surface area (Å²) in [7, 11) is 0. The molecule has 8 heteroatoms. The van der Waals surface area contributed by atoms with Crippen LogP contribution in [0, 0.1) is 0 Å². The van der Waals surface area contributed by atoms with Crippen molar-refractivity contribution in [2.45, 2.75) is 32.9 Å². The Hall–Kier alpha value is -3.68. The number of aromatic nitrogens is 3. The fourth-order valence-electron chi connectivity index (χ4n) is 3.59. The molecule has 31 heavy (non-hydrogen) atoms. The van der Waals surface area contributed by atoms with Crippen LogP contribution >= 0.6 is 0 Å². The van der Waals surface area contributed by atoms with E-state index in [4.69, 9.17) is 9.84 Å². The Morgan fingerprint density at radius 1 is 1.10 bits per heavy atom. The van der Waals surface area contributed by atoms with E-state index in [0.717, 1.165) is 35.5 Å². The lowest BCUT2D eigenvalue weighted by atomic mass is 10.1. The number of pyridine rings is 1. The van der Waals surface area contributed by atoms with Crippen molar-refractivity contribution in [3.63, 3.8) is 0 Å². The minimum atomic E-state index is -0.258. The van der Waals surface area contributed by atoms with Crippen LogP contribution in [0.25, 0.3) is 11.3 Å². The van der Waals surface area contributed by atoms with Crippen molar-refractivity contribution in [2.24, 2.45) is 0 Å². The molecular weight excluding hydrogens is 394 g/mol. The molecule has 2 aromatic heterocycles. The van der Waals surface area contributed by atoms with Crippen LogP contribution in [-0.4, -0.2) is 44.8 Å². The van der Waals surface area contributed by atoms with E-state index in [9.17, 15) is 9.59 Å². The lowest BCUT2D eigenvalue weighted by Gasteiger charge is -2.20. The number of hydrogen-bond acceptors (Lipinski definition) is 5. The molecule has 4 rings (SSSR count). The standard InChI is InChI=1S/C23H25N5O3/c1-2-31-22(29)14-17-4-6-19(7-5-17)25-23(30)27-12-3-13-28-20(16-27)15-21(26-28)18-8-10-24-11-9-18/h4-11,15H,2-3,12-14,16H2,1H3,(H,25,30). The number of aryl methyl sites for hydroxylation is 1. The first-order valence-electron chi connectivity index (χ1n) is 10.4. The van der Waals surface area contributed by atoms with E-state index in [1.807, 2.05) is 35.0 Å². The second-order valence-corrected chi connectivity index (χ2v) is 7.36. The van der Waals surface area contributed by atoms with Crippen molar-refractivity contribution < 1.29 is 14.3 Å². The maximum Gasteiger partial charge on any atom is 0.322 e.